The molecule has 0 aliphatic rings. The fourth-order valence-electron chi connectivity index (χ4n) is 3.48. The lowest BCUT2D eigenvalue weighted by molar-refractivity contribution is -0.132. The number of hydrogen-bond acceptors (Lipinski definition) is 8. The van der Waals surface area contributed by atoms with Crippen molar-refractivity contribution in [2.24, 2.45) is 5.10 Å². The molecule has 0 unspecified atom stereocenters. The Bertz CT molecular complexity index is 1550. The number of carbonyl (C=O) groups excluding carboxylic acids is 2. The number of aryl methyl sites for hydroxylation is 1. The van der Waals surface area contributed by atoms with Gasteiger partial charge in [0.15, 0.2) is 16.7 Å². The molecule has 1 heterocycles. The maximum absolute atomic E-state index is 13.3. The first-order chi connectivity index (χ1) is 17.9. The molecule has 4 rings (SSSR count). The number of rotatable bonds is 8. The number of hydrazone groups is 1. The zero-order valence-corrected chi connectivity index (χ0v) is 21.2. The number of methoxy groups -OCH3 is 1. The lowest BCUT2D eigenvalue weighted by atomic mass is 10.2. The van der Waals surface area contributed by atoms with Gasteiger partial charge in [-0.05, 0) is 55.0 Å². The standard InChI is InChI=1S/C27H24N4O5S/c1-17-8-11-20(12-9-17)31-26(34)21-6-4-5-7-22(21)29-27(31)37-16-25(33)30-28-15-19-10-13-23(36-18(2)32)24(14-19)35-3/h4-15H,16H2,1-3H3,(H,30,33)/b28-15-. The van der Waals surface area contributed by atoms with Crippen LogP contribution in [0, 0.1) is 6.92 Å². The molecule has 1 amide bonds. The Morgan fingerprint density at radius 3 is 2.57 bits per heavy atom. The first-order valence-electron chi connectivity index (χ1n) is 11.3. The molecule has 0 atom stereocenters. The van der Waals surface area contributed by atoms with Crippen LogP contribution in [0.25, 0.3) is 16.6 Å². The van der Waals surface area contributed by atoms with E-state index in [9.17, 15) is 14.4 Å². The van der Waals surface area contributed by atoms with E-state index in [-0.39, 0.29) is 23.0 Å². The molecule has 37 heavy (non-hydrogen) atoms. The summed E-state index contributed by atoms with van der Waals surface area (Å²) in [7, 11) is 1.46. The number of nitrogens with zero attached hydrogens (tertiary/aromatic N) is 3. The molecule has 0 aliphatic carbocycles. The van der Waals surface area contributed by atoms with E-state index in [1.165, 1.54) is 24.8 Å². The number of carbonyl (C=O) groups is 2. The van der Waals surface area contributed by atoms with Crippen LogP contribution in [0.4, 0.5) is 0 Å². The highest BCUT2D eigenvalue weighted by Gasteiger charge is 2.15. The van der Waals surface area contributed by atoms with Crippen LogP contribution < -0.4 is 20.5 Å². The largest absolute Gasteiger partial charge is 0.493 e. The molecular weight excluding hydrogens is 492 g/mol. The van der Waals surface area contributed by atoms with E-state index in [0.29, 0.717) is 33.1 Å². The van der Waals surface area contributed by atoms with Crippen LogP contribution in [0.3, 0.4) is 0 Å². The van der Waals surface area contributed by atoms with Gasteiger partial charge in [-0.1, -0.05) is 41.6 Å². The molecular formula is C27H24N4O5S. The highest BCUT2D eigenvalue weighted by molar-refractivity contribution is 7.99. The second-order valence-electron chi connectivity index (χ2n) is 7.97. The number of ether oxygens (including phenoxy) is 2. The quantitative estimate of drug-likeness (QED) is 0.0945. The molecule has 0 aliphatic heterocycles. The molecule has 0 spiro atoms. The van der Waals surface area contributed by atoms with Crippen molar-refractivity contribution >= 4 is 40.8 Å². The average molecular weight is 517 g/mol. The third-order valence-electron chi connectivity index (χ3n) is 5.21. The van der Waals surface area contributed by atoms with Crippen LogP contribution in [-0.2, 0) is 9.59 Å². The summed E-state index contributed by atoms with van der Waals surface area (Å²) >= 11 is 1.14. The van der Waals surface area contributed by atoms with Crippen LogP contribution in [0.2, 0.25) is 0 Å². The summed E-state index contributed by atoms with van der Waals surface area (Å²) in [6.07, 6.45) is 1.44. The van der Waals surface area contributed by atoms with Gasteiger partial charge in [0.05, 0.1) is 35.7 Å². The molecule has 9 nitrogen and oxygen atoms in total. The smallest absolute Gasteiger partial charge is 0.308 e. The van der Waals surface area contributed by atoms with Crippen molar-refractivity contribution in [1.29, 1.82) is 0 Å². The van der Waals surface area contributed by atoms with Gasteiger partial charge in [0.1, 0.15) is 0 Å². The van der Waals surface area contributed by atoms with Gasteiger partial charge in [0.2, 0.25) is 0 Å². The topological polar surface area (TPSA) is 112 Å². The van der Waals surface area contributed by atoms with Crippen LogP contribution in [0.15, 0.2) is 81.8 Å². The Morgan fingerprint density at radius 2 is 1.84 bits per heavy atom. The van der Waals surface area contributed by atoms with E-state index < -0.39 is 5.97 Å². The molecule has 4 aromatic rings. The number of esters is 1. The van der Waals surface area contributed by atoms with Crippen molar-refractivity contribution in [3.63, 3.8) is 0 Å². The monoisotopic (exact) mass is 516 g/mol. The summed E-state index contributed by atoms with van der Waals surface area (Å²) in [4.78, 5) is 41.6. The minimum absolute atomic E-state index is 0.0112. The second kappa shape index (κ2) is 11.5. The number of thioether (sulfide) groups is 1. The van der Waals surface area contributed by atoms with Gasteiger partial charge in [-0.25, -0.2) is 10.4 Å². The minimum Gasteiger partial charge on any atom is -0.493 e. The molecule has 1 aromatic heterocycles. The summed E-state index contributed by atoms with van der Waals surface area (Å²) in [6, 6.07) is 19.5. The van der Waals surface area contributed by atoms with E-state index >= 15 is 0 Å². The summed E-state index contributed by atoms with van der Waals surface area (Å²) < 4.78 is 11.8. The maximum atomic E-state index is 13.3. The second-order valence-corrected chi connectivity index (χ2v) is 8.92. The predicted molar refractivity (Wildman–Crippen MR) is 143 cm³/mol. The zero-order chi connectivity index (χ0) is 26.4. The number of hydrogen-bond donors (Lipinski definition) is 1. The Balaban J connectivity index is 1.49. The fraction of sp³-hybridized carbons (Fsp3) is 0.148. The molecule has 0 bridgehead atoms. The van der Waals surface area contributed by atoms with Gasteiger partial charge in [0, 0.05) is 6.92 Å². The van der Waals surface area contributed by atoms with E-state index in [4.69, 9.17) is 9.47 Å². The van der Waals surface area contributed by atoms with Crippen molar-refractivity contribution < 1.29 is 19.1 Å². The summed E-state index contributed by atoms with van der Waals surface area (Å²) in [6.45, 7) is 3.27. The van der Waals surface area contributed by atoms with Crippen molar-refractivity contribution in [2.75, 3.05) is 12.9 Å². The van der Waals surface area contributed by atoms with Gasteiger partial charge >= 0.3 is 5.97 Å². The number of amides is 1. The minimum atomic E-state index is -0.460. The van der Waals surface area contributed by atoms with Crippen LogP contribution in [0.5, 0.6) is 11.5 Å². The molecule has 10 heteroatoms. The van der Waals surface area contributed by atoms with Gasteiger partial charge in [-0.2, -0.15) is 5.10 Å². The van der Waals surface area contributed by atoms with Crippen molar-refractivity contribution in [3.05, 3.63) is 88.2 Å². The lowest BCUT2D eigenvalue weighted by Crippen LogP contribution is -2.24. The van der Waals surface area contributed by atoms with E-state index in [2.05, 4.69) is 15.5 Å². The summed E-state index contributed by atoms with van der Waals surface area (Å²) in [5.74, 6) is -0.198. The third-order valence-corrected chi connectivity index (χ3v) is 6.15. The van der Waals surface area contributed by atoms with E-state index in [1.54, 1.807) is 36.4 Å². The lowest BCUT2D eigenvalue weighted by Gasteiger charge is -2.13. The molecule has 0 saturated carbocycles. The highest BCUT2D eigenvalue weighted by atomic mass is 32.2. The first kappa shape index (κ1) is 25.6. The fourth-order valence-corrected chi connectivity index (χ4v) is 4.28. The molecule has 0 radical (unpaired) electrons. The first-order valence-corrected chi connectivity index (χ1v) is 12.2. The van der Waals surface area contributed by atoms with Gasteiger partial charge in [-0.3, -0.25) is 19.0 Å². The van der Waals surface area contributed by atoms with E-state index in [1.807, 2.05) is 37.3 Å². The van der Waals surface area contributed by atoms with Gasteiger partial charge in [0.25, 0.3) is 11.5 Å². The van der Waals surface area contributed by atoms with Crippen LogP contribution >= 0.6 is 11.8 Å². The SMILES string of the molecule is COc1cc(/C=N\NC(=O)CSc2nc3ccccc3c(=O)n2-c2ccc(C)cc2)ccc1OC(C)=O. The number of para-hydroxylation sites is 1. The highest BCUT2D eigenvalue weighted by Crippen LogP contribution is 2.27. The van der Waals surface area contributed by atoms with Crippen molar-refractivity contribution in [3.8, 4) is 17.2 Å². The number of benzene rings is 3. The Kier molecular flexibility index (Phi) is 7.99. The van der Waals surface area contributed by atoms with Crippen molar-refractivity contribution in [2.45, 2.75) is 19.0 Å². The number of nitrogens with one attached hydrogen (secondary N) is 1. The number of fused-ring (bicyclic) bond motifs is 1. The zero-order valence-electron chi connectivity index (χ0n) is 20.4. The molecule has 3 aromatic carbocycles. The van der Waals surface area contributed by atoms with Gasteiger partial charge in [-0.15, -0.1) is 0 Å². The Morgan fingerprint density at radius 1 is 1.08 bits per heavy atom. The Labute approximate surface area is 217 Å². The third kappa shape index (κ3) is 6.22. The summed E-state index contributed by atoms with van der Waals surface area (Å²) in [5, 5.41) is 4.88. The van der Waals surface area contributed by atoms with Crippen molar-refractivity contribution in [1.82, 2.24) is 15.0 Å². The van der Waals surface area contributed by atoms with Crippen LogP contribution in [0.1, 0.15) is 18.1 Å². The van der Waals surface area contributed by atoms with Gasteiger partial charge < -0.3 is 9.47 Å². The molecule has 1 N–H and O–H groups in total. The molecule has 188 valence electrons. The average Bonchev–Trinajstić information content (AvgIpc) is 2.89. The predicted octanol–water partition coefficient (Wildman–Crippen LogP) is 3.87. The normalized spacial score (nSPS) is 11.0. The number of aromatic nitrogens is 2. The van der Waals surface area contributed by atoms with Crippen LogP contribution in [-0.4, -0.2) is 40.5 Å². The molecule has 0 saturated heterocycles. The maximum Gasteiger partial charge on any atom is 0.308 e. The molecule has 0 fully saturated rings. The Hall–Kier alpha value is -4.44. The van der Waals surface area contributed by atoms with E-state index in [0.717, 1.165) is 17.3 Å². The summed E-state index contributed by atoms with van der Waals surface area (Å²) in [5.41, 5.74) is 5.19.